The number of hydrogen-bond acceptors (Lipinski definition) is 2. The van der Waals surface area contributed by atoms with Crippen LogP contribution in [0.2, 0.25) is 0 Å². The normalized spacial score (nSPS) is 46.7. The van der Waals surface area contributed by atoms with Crippen LogP contribution in [0, 0.1) is 23.7 Å². The van der Waals surface area contributed by atoms with Crippen LogP contribution in [0.15, 0.2) is 0 Å². The van der Waals surface area contributed by atoms with E-state index in [4.69, 9.17) is 0 Å². The SMILES string of the molecule is C[C@H]1CCCC[C@@H]1NC(=O)CNC12CC3CC(CC(C3)C1)C2. The highest BCUT2D eigenvalue weighted by Crippen LogP contribution is 2.55. The fraction of sp³-hybridized carbons (Fsp3) is 0.947. The summed E-state index contributed by atoms with van der Waals surface area (Å²) in [5, 5.41) is 7.02. The van der Waals surface area contributed by atoms with Crippen LogP contribution in [0.25, 0.3) is 0 Å². The van der Waals surface area contributed by atoms with Gasteiger partial charge in [-0.05, 0) is 75.0 Å². The summed E-state index contributed by atoms with van der Waals surface area (Å²) in [6, 6.07) is 0.416. The van der Waals surface area contributed by atoms with Gasteiger partial charge in [-0.2, -0.15) is 0 Å². The zero-order chi connectivity index (χ0) is 15.2. The molecule has 0 aromatic rings. The molecule has 5 aliphatic rings. The lowest BCUT2D eigenvalue weighted by atomic mass is 9.53. The second-order valence-corrected chi connectivity index (χ2v) is 8.99. The average molecular weight is 304 g/mol. The molecule has 3 nitrogen and oxygen atoms in total. The largest absolute Gasteiger partial charge is 0.352 e. The van der Waals surface area contributed by atoms with Gasteiger partial charge in [-0.15, -0.1) is 0 Å². The molecule has 0 heterocycles. The molecule has 5 rings (SSSR count). The van der Waals surface area contributed by atoms with Crippen molar-refractivity contribution in [3.8, 4) is 0 Å². The molecule has 0 aliphatic heterocycles. The summed E-state index contributed by atoms with van der Waals surface area (Å²) in [6.07, 6.45) is 13.4. The van der Waals surface area contributed by atoms with Gasteiger partial charge in [-0.1, -0.05) is 19.8 Å². The van der Waals surface area contributed by atoms with Crippen LogP contribution in [-0.2, 0) is 4.79 Å². The molecule has 0 unspecified atom stereocenters. The van der Waals surface area contributed by atoms with Crippen molar-refractivity contribution < 1.29 is 4.79 Å². The Morgan fingerprint density at radius 3 is 2.18 bits per heavy atom. The van der Waals surface area contributed by atoms with E-state index in [0.717, 1.165) is 17.8 Å². The van der Waals surface area contributed by atoms with Crippen LogP contribution in [0.5, 0.6) is 0 Å². The van der Waals surface area contributed by atoms with E-state index in [1.165, 1.54) is 64.2 Å². The Hall–Kier alpha value is -0.570. The third kappa shape index (κ3) is 2.93. The number of amides is 1. The Kier molecular flexibility index (Phi) is 3.96. The van der Waals surface area contributed by atoms with Gasteiger partial charge < -0.3 is 10.6 Å². The van der Waals surface area contributed by atoms with E-state index in [9.17, 15) is 4.79 Å². The lowest BCUT2D eigenvalue weighted by Gasteiger charge is -2.57. The maximum Gasteiger partial charge on any atom is 0.234 e. The first-order valence-corrected chi connectivity index (χ1v) is 9.66. The molecule has 0 aromatic carbocycles. The number of hydrogen-bond donors (Lipinski definition) is 2. The Labute approximate surface area is 135 Å². The maximum atomic E-state index is 12.4. The van der Waals surface area contributed by atoms with Crippen LogP contribution in [0.3, 0.4) is 0 Å². The molecule has 0 spiro atoms. The van der Waals surface area contributed by atoms with Crippen molar-refractivity contribution in [3.05, 3.63) is 0 Å². The van der Waals surface area contributed by atoms with E-state index in [0.29, 0.717) is 24.0 Å². The van der Waals surface area contributed by atoms with Gasteiger partial charge in [0, 0.05) is 11.6 Å². The number of carbonyl (C=O) groups excluding carboxylic acids is 1. The minimum atomic E-state index is 0.231. The fourth-order valence-electron chi connectivity index (χ4n) is 6.38. The zero-order valence-electron chi connectivity index (χ0n) is 14.1. The van der Waals surface area contributed by atoms with Crippen molar-refractivity contribution in [2.24, 2.45) is 23.7 Å². The van der Waals surface area contributed by atoms with E-state index in [1.807, 2.05) is 0 Å². The number of rotatable bonds is 4. The van der Waals surface area contributed by atoms with Crippen LogP contribution in [0.4, 0.5) is 0 Å². The highest BCUT2D eigenvalue weighted by molar-refractivity contribution is 5.78. The highest BCUT2D eigenvalue weighted by Gasteiger charge is 2.50. The van der Waals surface area contributed by atoms with E-state index >= 15 is 0 Å². The fourth-order valence-corrected chi connectivity index (χ4v) is 6.38. The van der Waals surface area contributed by atoms with Crippen molar-refractivity contribution in [3.63, 3.8) is 0 Å². The first-order chi connectivity index (χ1) is 10.6. The second-order valence-electron chi connectivity index (χ2n) is 8.99. The van der Waals surface area contributed by atoms with Crippen molar-refractivity contribution in [2.75, 3.05) is 6.54 Å². The minimum absolute atomic E-state index is 0.231. The van der Waals surface area contributed by atoms with Crippen LogP contribution < -0.4 is 10.6 Å². The molecule has 0 saturated heterocycles. The predicted octanol–water partition coefficient (Wildman–Crippen LogP) is 3.24. The lowest BCUT2D eigenvalue weighted by Crippen LogP contribution is -2.60. The number of nitrogens with one attached hydrogen (secondary N) is 2. The molecule has 3 heteroatoms. The molecule has 2 atom stereocenters. The Bertz CT molecular complexity index is 398. The van der Waals surface area contributed by atoms with Crippen molar-refractivity contribution >= 4 is 5.91 Å². The average Bonchev–Trinajstić information content (AvgIpc) is 2.46. The molecule has 4 bridgehead atoms. The van der Waals surface area contributed by atoms with Crippen LogP contribution >= 0.6 is 0 Å². The Morgan fingerprint density at radius 1 is 1.00 bits per heavy atom. The monoisotopic (exact) mass is 304 g/mol. The summed E-state index contributed by atoms with van der Waals surface area (Å²) in [5.41, 5.74) is 0.310. The van der Waals surface area contributed by atoms with Gasteiger partial charge in [0.25, 0.3) is 0 Å². The standard InChI is InChI=1S/C19H32N2O/c1-13-4-2-3-5-17(13)21-18(22)12-20-19-9-14-6-15(10-19)8-16(7-14)11-19/h13-17,20H,2-12H2,1H3,(H,21,22)/t13-,14?,15?,16?,17-,19?/m0/s1. The molecular weight excluding hydrogens is 272 g/mol. The van der Waals surface area contributed by atoms with Gasteiger partial charge in [-0.25, -0.2) is 0 Å². The van der Waals surface area contributed by atoms with Gasteiger partial charge >= 0.3 is 0 Å². The molecular formula is C19H32N2O. The third-order valence-corrected chi connectivity index (χ3v) is 7.12. The van der Waals surface area contributed by atoms with Gasteiger partial charge in [0.05, 0.1) is 6.54 Å². The summed E-state index contributed by atoms with van der Waals surface area (Å²) >= 11 is 0. The third-order valence-electron chi connectivity index (χ3n) is 7.12. The minimum Gasteiger partial charge on any atom is -0.352 e. The van der Waals surface area contributed by atoms with E-state index in [2.05, 4.69) is 17.6 Å². The molecule has 0 radical (unpaired) electrons. The van der Waals surface area contributed by atoms with E-state index < -0.39 is 0 Å². The number of carbonyl (C=O) groups is 1. The second kappa shape index (κ2) is 5.81. The van der Waals surface area contributed by atoms with E-state index in [1.54, 1.807) is 0 Å². The summed E-state index contributed by atoms with van der Waals surface area (Å²) in [7, 11) is 0. The summed E-state index contributed by atoms with van der Waals surface area (Å²) in [5.74, 6) is 3.72. The molecule has 5 saturated carbocycles. The van der Waals surface area contributed by atoms with Crippen molar-refractivity contribution in [1.29, 1.82) is 0 Å². The van der Waals surface area contributed by atoms with Crippen LogP contribution in [-0.4, -0.2) is 24.0 Å². The van der Waals surface area contributed by atoms with Gasteiger partial charge in [0.1, 0.15) is 0 Å². The van der Waals surface area contributed by atoms with Crippen LogP contribution in [0.1, 0.15) is 71.1 Å². The van der Waals surface area contributed by atoms with Crippen molar-refractivity contribution in [1.82, 2.24) is 10.6 Å². The molecule has 0 aromatic heterocycles. The maximum absolute atomic E-state index is 12.4. The zero-order valence-corrected chi connectivity index (χ0v) is 14.1. The summed E-state index contributed by atoms with van der Waals surface area (Å²) in [4.78, 5) is 12.4. The molecule has 22 heavy (non-hydrogen) atoms. The van der Waals surface area contributed by atoms with E-state index in [-0.39, 0.29) is 5.91 Å². The highest BCUT2D eigenvalue weighted by atomic mass is 16.2. The van der Waals surface area contributed by atoms with Crippen molar-refractivity contribution in [2.45, 2.75) is 82.7 Å². The molecule has 124 valence electrons. The summed E-state index contributed by atoms with van der Waals surface area (Å²) in [6.45, 7) is 2.83. The molecule has 5 aliphatic carbocycles. The predicted molar refractivity (Wildman–Crippen MR) is 88.5 cm³/mol. The first kappa shape index (κ1) is 15.0. The Balaban J connectivity index is 1.30. The quantitative estimate of drug-likeness (QED) is 0.837. The van der Waals surface area contributed by atoms with Gasteiger partial charge in [0.2, 0.25) is 5.91 Å². The molecule has 1 amide bonds. The topological polar surface area (TPSA) is 41.1 Å². The van der Waals surface area contributed by atoms with Gasteiger partial charge in [-0.3, -0.25) is 4.79 Å². The smallest absolute Gasteiger partial charge is 0.234 e. The first-order valence-electron chi connectivity index (χ1n) is 9.66. The molecule has 5 fully saturated rings. The molecule has 2 N–H and O–H groups in total. The lowest BCUT2D eigenvalue weighted by molar-refractivity contribution is -0.122. The van der Waals surface area contributed by atoms with Gasteiger partial charge in [0.15, 0.2) is 0 Å². The Morgan fingerprint density at radius 2 is 1.59 bits per heavy atom. The summed E-state index contributed by atoms with van der Waals surface area (Å²) < 4.78 is 0.